The van der Waals surface area contributed by atoms with Gasteiger partial charge in [-0.25, -0.2) is 4.79 Å². The largest absolute Gasteiger partial charge is 0.440 e. The summed E-state index contributed by atoms with van der Waals surface area (Å²) in [5, 5.41) is 6.14. The van der Waals surface area contributed by atoms with Crippen molar-refractivity contribution >= 4 is 11.9 Å². The third kappa shape index (κ3) is 6.53. The second-order valence-electron chi connectivity index (χ2n) is 7.95. The molecule has 166 valence electrons. The standard InChI is InChI=1S/C27H30N2O3/c1-21(30)29-25(19-18-22-12-6-3-7-13-22)32-26(31)27(2,24-16-10-5-11-17-24)28-20-23-14-8-4-9-15-23/h3-17,25,28H,18-20H2,1-2H3,(H,29,30). The van der Waals surface area contributed by atoms with Crippen molar-refractivity contribution in [1.82, 2.24) is 10.6 Å². The number of ether oxygens (including phenoxy) is 1. The zero-order valence-electron chi connectivity index (χ0n) is 18.6. The third-order valence-electron chi connectivity index (χ3n) is 5.40. The van der Waals surface area contributed by atoms with Crippen LogP contribution >= 0.6 is 0 Å². The van der Waals surface area contributed by atoms with Crippen LogP contribution in [0, 0.1) is 0 Å². The minimum Gasteiger partial charge on any atom is -0.440 e. The van der Waals surface area contributed by atoms with Gasteiger partial charge in [-0.15, -0.1) is 0 Å². The van der Waals surface area contributed by atoms with Gasteiger partial charge >= 0.3 is 5.97 Å². The molecule has 1 amide bonds. The van der Waals surface area contributed by atoms with Gasteiger partial charge in [0.05, 0.1) is 0 Å². The first-order valence-electron chi connectivity index (χ1n) is 10.8. The second-order valence-corrected chi connectivity index (χ2v) is 7.95. The van der Waals surface area contributed by atoms with Crippen molar-refractivity contribution in [2.24, 2.45) is 0 Å². The number of amides is 1. The maximum atomic E-state index is 13.5. The molecule has 0 aromatic heterocycles. The Bertz CT molecular complexity index is 993. The molecule has 0 spiro atoms. The highest BCUT2D eigenvalue weighted by Gasteiger charge is 2.38. The van der Waals surface area contributed by atoms with Crippen molar-refractivity contribution in [3.63, 3.8) is 0 Å². The average molecular weight is 431 g/mol. The van der Waals surface area contributed by atoms with Crippen molar-refractivity contribution in [3.8, 4) is 0 Å². The fourth-order valence-corrected chi connectivity index (χ4v) is 3.52. The van der Waals surface area contributed by atoms with E-state index >= 15 is 0 Å². The first-order valence-corrected chi connectivity index (χ1v) is 10.8. The minimum atomic E-state index is -1.08. The maximum absolute atomic E-state index is 13.5. The lowest BCUT2D eigenvalue weighted by Crippen LogP contribution is -2.50. The molecule has 0 saturated heterocycles. The molecule has 2 unspecified atom stereocenters. The number of hydrogen-bond donors (Lipinski definition) is 2. The van der Waals surface area contributed by atoms with Crippen molar-refractivity contribution in [2.75, 3.05) is 0 Å². The molecule has 0 heterocycles. The fraction of sp³-hybridized carbons (Fsp3) is 0.259. The molecule has 0 bridgehead atoms. The molecule has 3 rings (SSSR count). The molecule has 0 radical (unpaired) electrons. The molecule has 0 fully saturated rings. The summed E-state index contributed by atoms with van der Waals surface area (Å²) in [5.74, 6) is -0.680. The van der Waals surface area contributed by atoms with Gasteiger partial charge in [-0.1, -0.05) is 91.0 Å². The highest BCUT2D eigenvalue weighted by Crippen LogP contribution is 2.24. The molecule has 0 aliphatic rings. The fourth-order valence-electron chi connectivity index (χ4n) is 3.52. The predicted octanol–water partition coefficient (Wildman–Crippen LogP) is 4.33. The van der Waals surface area contributed by atoms with Crippen LogP contribution in [-0.2, 0) is 32.8 Å². The van der Waals surface area contributed by atoms with Gasteiger partial charge in [-0.05, 0) is 30.0 Å². The number of aryl methyl sites for hydroxylation is 1. The Morgan fingerprint density at radius 3 is 1.94 bits per heavy atom. The van der Waals surface area contributed by atoms with Crippen LogP contribution in [0.1, 0.15) is 37.0 Å². The summed E-state index contributed by atoms with van der Waals surface area (Å²) in [5.41, 5.74) is 1.89. The molecule has 3 aromatic carbocycles. The zero-order chi connectivity index (χ0) is 22.8. The summed E-state index contributed by atoms with van der Waals surface area (Å²) in [4.78, 5) is 25.2. The topological polar surface area (TPSA) is 67.4 Å². The molecule has 32 heavy (non-hydrogen) atoms. The molecular formula is C27H30N2O3. The van der Waals surface area contributed by atoms with Crippen LogP contribution in [-0.4, -0.2) is 18.1 Å². The number of carbonyl (C=O) groups excluding carboxylic acids is 2. The molecule has 5 nitrogen and oxygen atoms in total. The molecule has 5 heteroatoms. The van der Waals surface area contributed by atoms with Crippen LogP contribution in [0.15, 0.2) is 91.0 Å². The van der Waals surface area contributed by atoms with Crippen LogP contribution in [0.5, 0.6) is 0 Å². The molecule has 0 aliphatic heterocycles. The van der Waals surface area contributed by atoms with Gasteiger partial charge in [0.2, 0.25) is 5.91 Å². The lowest BCUT2D eigenvalue weighted by atomic mass is 9.91. The maximum Gasteiger partial charge on any atom is 0.332 e. The van der Waals surface area contributed by atoms with E-state index in [0.717, 1.165) is 16.7 Å². The van der Waals surface area contributed by atoms with E-state index in [-0.39, 0.29) is 5.91 Å². The van der Waals surface area contributed by atoms with E-state index < -0.39 is 17.7 Å². The minimum absolute atomic E-state index is 0.241. The van der Waals surface area contributed by atoms with Crippen LogP contribution < -0.4 is 10.6 Å². The molecule has 0 aliphatic carbocycles. The highest BCUT2D eigenvalue weighted by atomic mass is 16.6. The van der Waals surface area contributed by atoms with Gasteiger partial charge in [-0.3, -0.25) is 10.1 Å². The molecular weight excluding hydrogens is 400 g/mol. The summed E-state index contributed by atoms with van der Waals surface area (Å²) >= 11 is 0. The van der Waals surface area contributed by atoms with Gasteiger partial charge in [0.25, 0.3) is 0 Å². The molecule has 3 aromatic rings. The van der Waals surface area contributed by atoms with Crippen LogP contribution in [0.4, 0.5) is 0 Å². The summed E-state index contributed by atoms with van der Waals surface area (Å²) < 4.78 is 5.86. The van der Waals surface area contributed by atoms with E-state index in [0.29, 0.717) is 19.4 Å². The first kappa shape index (κ1) is 23.2. The Kier molecular flexibility index (Phi) is 8.17. The Morgan fingerprint density at radius 1 is 0.844 bits per heavy atom. The monoisotopic (exact) mass is 430 g/mol. The summed E-state index contributed by atoms with van der Waals surface area (Å²) in [6, 6.07) is 29.3. The van der Waals surface area contributed by atoms with Crippen LogP contribution in [0.3, 0.4) is 0 Å². The first-order chi connectivity index (χ1) is 15.5. The van der Waals surface area contributed by atoms with E-state index in [2.05, 4.69) is 10.6 Å². The van der Waals surface area contributed by atoms with E-state index in [9.17, 15) is 9.59 Å². The van der Waals surface area contributed by atoms with E-state index in [1.807, 2.05) is 97.9 Å². The number of rotatable bonds is 10. The number of esters is 1. The Hall–Kier alpha value is -3.44. The summed E-state index contributed by atoms with van der Waals surface area (Å²) in [7, 11) is 0. The molecule has 2 atom stereocenters. The van der Waals surface area contributed by atoms with Crippen molar-refractivity contribution in [3.05, 3.63) is 108 Å². The predicted molar refractivity (Wildman–Crippen MR) is 126 cm³/mol. The van der Waals surface area contributed by atoms with E-state index in [1.54, 1.807) is 0 Å². The van der Waals surface area contributed by atoms with Crippen molar-refractivity contribution in [1.29, 1.82) is 0 Å². The highest BCUT2D eigenvalue weighted by molar-refractivity contribution is 5.82. The SMILES string of the molecule is CC(=O)NC(CCc1ccccc1)OC(=O)C(C)(NCc1ccccc1)c1ccccc1. The van der Waals surface area contributed by atoms with Crippen molar-refractivity contribution < 1.29 is 14.3 Å². The lowest BCUT2D eigenvalue weighted by molar-refractivity contribution is -0.160. The Balaban J connectivity index is 1.77. The van der Waals surface area contributed by atoms with Gasteiger partial charge in [0.15, 0.2) is 6.23 Å². The van der Waals surface area contributed by atoms with Crippen molar-refractivity contribution in [2.45, 2.75) is 45.0 Å². The van der Waals surface area contributed by atoms with Gasteiger partial charge in [0, 0.05) is 19.9 Å². The summed E-state index contributed by atoms with van der Waals surface area (Å²) in [6.07, 6.45) is 0.444. The quantitative estimate of drug-likeness (QED) is 0.371. The van der Waals surface area contributed by atoms with Gasteiger partial charge in [-0.2, -0.15) is 0 Å². The number of carbonyl (C=O) groups is 2. The van der Waals surface area contributed by atoms with E-state index in [1.165, 1.54) is 6.92 Å². The average Bonchev–Trinajstić information content (AvgIpc) is 2.82. The zero-order valence-corrected chi connectivity index (χ0v) is 18.6. The lowest BCUT2D eigenvalue weighted by Gasteiger charge is -2.31. The molecule has 2 N–H and O–H groups in total. The normalized spacial score (nSPS) is 13.6. The third-order valence-corrected chi connectivity index (χ3v) is 5.40. The van der Waals surface area contributed by atoms with Crippen LogP contribution in [0.2, 0.25) is 0 Å². The van der Waals surface area contributed by atoms with E-state index in [4.69, 9.17) is 4.74 Å². The number of hydrogen-bond acceptors (Lipinski definition) is 4. The van der Waals surface area contributed by atoms with Crippen LogP contribution in [0.25, 0.3) is 0 Å². The summed E-state index contributed by atoms with van der Waals surface area (Å²) in [6.45, 7) is 3.74. The Morgan fingerprint density at radius 2 is 1.38 bits per heavy atom. The second kappa shape index (κ2) is 11.3. The van der Waals surface area contributed by atoms with Gasteiger partial charge < -0.3 is 10.1 Å². The smallest absolute Gasteiger partial charge is 0.332 e. The Labute approximate surface area is 189 Å². The number of nitrogens with one attached hydrogen (secondary N) is 2. The molecule has 0 saturated carbocycles. The van der Waals surface area contributed by atoms with Gasteiger partial charge in [0.1, 0.15) is 5.54 Å². The number of benzene rings is 3.